The summed E-state index contributed by atoms with van der Waals surface area (Å²) in [5.74, 6) is -0.237. The molecule has 1 aromatic rings. The molecule has 1 atom stereocenters. The molecule has 9 heteroatoms. The van der Waals surface area contributed by atoms with Gasteiger partial charge in [0.1, 0.15) is 5.69 Å². The van der Waals surface area contributed by atoms with Crippen LogP contribution in [0.2, 0.25) is 0 Å². The van der Waals surface area contributed by atoms with E-state index < -0.39 is 0 Å². The van der Waals surface area contributed by atoms with Gasteiger partial charge < -0.3 is 19.2 Å². The third kappa shape index (κ3) is 3.92. The Kier molecular flexibility index (Phi) is 5.01. The van der Waals surface area contributed by atoms with E-state index in [0.717, 1.165) is 32.4 Å². The topological polar surface area (TPSA) is 107 Å². The van der Waals surface area contributed by atoms with Crippen LogP contribution < -0.4 is 10.9 Å². The smallest absolute Gasteiger partial charge is 0.275 e. The second-order valence-corrected chi connectivity index (χ2v) is 6.73. The minimum atomic E-state index is -0.291. The Labute approximate surface area is 155 Å². The Hall–Kier alpha value is -2.94. The van der Waals surface area contributed by atoms with Gasteiger partial charge in [0.2, 0.25) is 0 Å². The van der Waals surface area contributed by atoms with Crippen LogP contribution in [-0.4, -0.2) is 49.5 Å². The van der Waals surface area contributed by atoms with Crippen molar-refractivity contribution in [3.63, 3.8) is 0 Å². The molecular formula is C18H22N6O3. The minimum absolute atomic E-state index is 0.112. The highest BCUT2D eigenvalue weighted by Crippen LogP contribution is 2.21. The molecule has 0 bridgehead atoms. The lowest BCUT2D eigenvalue weighted by Gasteiger charge is -2.16. The number of hydrogen-bond acceptors (Lipinski definition) is 5. The zero-order valence-corrected chi connectivity index (χ0v) is 14.9. The van der Waals surface area contributed by atoms with Crippen molar-refractivity contribution in [3.8, 4) is 11.3 Å². The summed E-state index contributed by atoms with van der Waals surface area (Å²) in [6, 6.07) is 0. The molecule has 1 fully saturated rings. The number of H-pyrrole nitrogens is 1. The maximum Gasteiger partial charge on any atom is 0.275 e. The molecule has 3 aliphatic rings. The Morgan fingerprint density at radius 1 is 1.37 bits per heavy atom. The molecule has 0 spiro atoms. The molecule has 1 amide bonds. The van der Waals surface area contributed by atoms with Crippen LogP contribution in [0.3, 0.4) is 0 Å². The number of fused-ring (bicyclic) bond motifs is 1. The van der Waals surface area contributed by atoms with Gasteiger partial charge in [0.25, 0.3) is 11.5 Å². The zero-order valence-electron chi connectivity index (χ0n) is 14.9. The first-order valence-electron chi connectivity index (χ1n) is 9.14. The van der Waals surface area contributed by atoms with Crippen molar-refractivity contribution in [2.75, 3.05) is 13.2 Å². The molecule has 3 aliphatic heterocycles. The lowest BCUT2D eigenvalue weighted by Crippen LogP contribution is -2.27. The molecule has 1 saturated heterocycles. The van der Waals surface area contributed by atoms with Crippen molar-refractivity contribution in [3.05, 3.63) is 47.0 Å². The summed E-state index contributed by atoms with van der Waals surface area (Å²) in [6.07, 6.45) is 11.7. The van der Waals surface area contributed by atoms with Crippen LogP contribution in [-0.2, 0) is 17.8 Å². The average molecular weight is 370 g/mol. The van der Waals surface area contributed by atoms with Crippen LogP contribution in [0.1, 0.15) is 29.6 Å². The molecule has 1 aromatic heterocycles. The molecule has 1 unspecified atom stereocenters. The van der Waals surface area contributed by atoms with Crippen LogP contribution in [0.25, 0.3) is 11.3 Å². The van der Waals surface area contributed by atoms with Crippen molar-refractivity contribution < 1.29 is 9.53 Å². The molecule has 142 valence electrons. The van der Waals surface area contributed by atoms with Crippen molar-refractivity contribution >= 4 is 5.91 Å². The van der Waals surface area contributed by atoms with Crippen LogP contribution in [0.15, 0.2) is 35.9 Å². The predicted octanol–water partition coefficient (Wildman–Crippen LogP) is 0.872. The Bertz CT molecular complexity index is 923. The molecule has 0 radical (unpaired) electrons. The van der Waals surface area contributed by atoms with Crippen molar-refractivity contribution in [2.24, 2.45) is 0 Å². The number of rotatable bonds is 7. The van der Waals surface area contributed by atoms with Gasteiger partial charge in [-0.05, 0) is 19.3 Å². The van der Waals surface area contributed by atoms with Gasteiger partial charge in [-0.2, -0.15) is 5.10 Å². The summed E-state index contributed by atoms with van der Waals surface area (Å²) >= 11 is 0. The standard InChI is InChI=1S/C18H22N6O3/c25-17(20-4-2-6-23-7-5-19-12-23)14-10-24(9-13-3-1-8-27-13)11-15-16(14)21-22-18(15)26/h5,7,10-13H,1-4,6,8-9H2,(H,20,25)(H,22,26). The number of hydrogen-bond donors (Lipinski definition) is 2. The fraction of sp³-hybridized carbons (Fsp3) is 0.444. The lowest BCUT2D eigenvalue weighted by molar-refractivity contribution is 0.0937. The normalized spacial score (nSPS) is 16.8. The van der Waals surface area contributed by atoms with E-state index in [2.05, 4.69) is 20.5 Å². The van der Waals surface area contributed by atoms with Gasteiger partial charge >= 0.3 is 0 Å². The Morgan fingerprint density at radius 3 is 3.07 bits per heavy atom. The number of ether oxygens (including phenoxy) is 1. The van der Waals surface area contributed by atoms with Gasteiger partial charge in [0, 0.05) is 51.0 Å². The van der Waals surface area contributed by atoms with E-state index in [-0.39, 0.29) is 17.6 Å². The van der Waals surface area contributed by atoms with Gasteiger partial charge in [-0.3, -0.25) is 9.59 Å². The van der Waals surface area contributed by atoms with Crippen molar-refractivity contribution in [1.82, 2.24) is 29.6 Å². The number of imidazole rings is 1. The monoisotopic (exact) mass is 370 g/mol. The van der Waals surface area contributed by atoms with E-state index >= 15 is 0 Å². The minimum Gasteiger partial charge on any atom is -0.376 e. The number of pyridine rings is 1. The van der Waals surface area contributed by atoms with E-state index in [1.807, 2.05) is 15.3 Å². The fourth-order valence-electron chi connectivity index (χ4n) is 3.36. The molecule has 27 heavy (non-hydrogen) atoms. The quantitative estimate of drug-likeness (QED) is 0.600. The number of aromatic nitrogens is 5. The number of carbonyl (C=O) groups is 1. The molecule has 9 nitrogen and oxygen atoms in total. The maximum atomic E-state index is 12.7. The highest BCUT2D eigenvalue weighted by molar-refractivity contribution is 5.99. The SMILES string of the molecule is O=C(NCCCn1ccnc1)c1cn(CC2CCCO2)cc2c(=O)[nH]nc1-2. The summed E-state index contributed by atoms with van der Waals surface area (Å²) in [7, 11) is 0. The second-order valence-electron chi connectivity index (χ2n) is 6.73. The first kappa shape index (κ1) is 17.5. The van der Waals surface area contributed by atoms with Gasteiger partial charge in [0.05, 0.1) is 23.6 Å². The third-order valence-electron chi connectivity index (χ3n) is 4.73. The van der Waals surface area contributed by atoms with E-state index in [1.54, 1.807) is 24.9 Å². The largest absolute Gasteiger partial charge is 0.376 e. The van der Waals surface area contributed by atoms with Crippen LogP contribution in [0.5, 0.6) is 0 Å². The molecule has 0 saturated carbocycles. The summed E-state index contributed by atoms with van der Waals surface area (Å²) in [5, 5.41) is 9.37. The second kappa shape index (κ2) is 7.75. The summed E-state index contributed by atoms with van der Waals surface area (Å²) in [6.45, 7) is 2.67. The first-order valence-corrected chi connectivity index (χ1v) is 9.14. The van der Waals surface area contributed by atoms with Crippen molar-refractivity contribution in [1.29, 1.82) is 0 Å². The van der Waals surface area contributed by atoms with Crippen LogP contribution in [0, 0.1) is 0 Å². The number of aromatic amines is 1. The first-order chi connectivity index (χ1) is 13.2. The fourth-order valence-corrected chi connectivity index (χ4v) is 3.36. The van der Waals surface area contributed by atoms with E-state index in [9.17, 15) is 9.59 Å². The van der Waals surface area contributed by atoms with E-state index in [4.69, 9.17) is 4.74 Å². The summed E-state index contributed by atoms with van der Waals surface area (Å²) in [4.78, 5) is 28.7. The number of aryl methyl sites for hydroxylation is 1. The molecular weight excluding hydrogens is 348 g/mol. The summed E-state index contributed by atoms with van der Waals surface area (Å²) < 4.78 is 9.48. The van der Waals surface area contributed by atoms with Crippen LogP contribution in [0.4, 0.5) is 0 Å². The Morgan fingerprint density at radius 2 is 2.30 bits per heavy atom. The van der Waals surface area contributed by atoms with E-state index in [1.165, 1.54) is 0 Å². The van der Waals surface area contributed by atoms with Gasteiger partial charge in [-0.25, -0.2) is 10.1 Å². The van der Waals surface area contributed by atoms with Crippen LogP contribution >= 0.6 is 0 Å². The molecule has 4 rings (SSSR count). The highest BCUT2D eigenvalue weighted by Gasteiger charge is 2.23. The number of nitrogens with zero attached hydrogens (tertiary/aromatic N) is 4. The molecule has 4 heterocycles. The van der Waals surface area contributed by atoms with Crippen molar-refractivity contribution in [2.45, 2.75) is 38.5 Å². The number of carbonyl (C=O) groups excluding carboxylic acids is 1. The predicted molar refractivity (Wildman–Crippen MR) is 97.6 cm³/mol. The number of amides is 1. The zero-order chi connectivity index (χ0) is 18.6. The average Bonchev–Trinajstić information content (AvgIpc) is 3.42. The summed E-state index contributed by atoms with van der Waals surface area (Å²) in [5.41, 5.74) is 0.919. The van der Waals surface area contributed by atoms with E-state index in [0.29, 0.717) is 29.9 Å². The van der Waals surface area contributed by atoms with Gasteiger partial charge in [0.15, 0.2) is 0 Å². The van der Waals surface area contributed by atoms with Gasteiger partial charge in [-0.15, -0.1) is 0 Å². The maximum absolute atomic E-state index is 12.7. The third-order valence-corrected chi connectivity index (χ3v) is 4.73. The number of nitrogens with one attached hydrogen (secondary N) is 2. The Balaban J connectivity index is 1.47. The lowest BCUT2D eigenvalue weighted by atomic mass is 10.1. The molecule has 0 aliphatic carbocycles. The molecule has 2 N–H and O–H groups in total. The highest BCUT2D eigenvalue weighted by atomic mass is 16.5. The van der Waals surface area contributed by atoms with Gasteiger partial charge in [-0.1, -0.05) is 0 Å². The molecule has 0 aromatic carbocycles.